The molecule has 2 rings (SSSR count). The Morgan fingerprint density at radius 3 is 2.42 bits per heavy atom. The van der Waals surface area contributed by atoms with Crippen LogP contribution in [0.2, 0.25) is 5.02 Å². The largest absolute Gasteiger partial charge is 0.388 e. The molecule has 0 heterocycles. The van der Waals surface area contributed by atoms with Gasteiger partial charge in [0, 0.05) is 16.5 Å². The summed E-state index contributed by atoms with van der Waals surface area (Å²) in [4.78, 5) is 0. The van der Waals surface area contributed by atoms with Crippen molar-refractivity contribution in [2.24, 2.45) is 0 Å². The zero-order valence-corrected chi connectivity index (χ0v) is 11.7. The third-order valence-electron chi connectivity index (χ3n) is 3.40. The molecule has 2 aromatic carbocycles. The van der Waals surface area contributed by atoms with Gasteiger partial charge in [-0.1, -0.05) is 48.9 Å². The van der Waals surface area contributed by atoms with E-state index in [2.05, 4.69) is 0 Å². The van der Waals surface area contributed by atoms with Crippen molar-refractivity contribution in [2.45, 2.75) is 25.9 Å². The van der Waals surface area contributed by atoms with E-state index in [1.54, 1.807) is 13.0 Å². The first kappa shape index (κ1) is 14.0. The predicted octanol–water partition coefficient (Wildman–Crippen LogP) is 4.62. The quantitative estimate of drug-likeness (QED) is 0.868. The van der Waals surface area contributed by atoms with Gasteiger partial charge in [-0.15, -0.1) is 0 Å². The highest BCUT2D eigenvalue weighted by Crippen LogP contribution is 2.35. The van der Waals surface area contributed by atoms with Crippen LogP contribution in [0.4, 0.5) is 4.39 Å². The molecule has 0 spiro atoms. The Morgan fingerprint density at radius 2 is 1.79 bits per heavy atom. The summed E-state index contributed by atoms with van der Waals surface area (Å²) in [5.41, 5.74) is 2.07. The van der Waals surface area contributed by atoms with Crippen LogP contribution in [-0.4, -0.2) is 5.11 Å². The molecule has 3 heteroatoms. The standard InChI is InChI=1S/C16H16ClFO/c1-10-8-13(14(17)9-15(10)18)16(19)11(2)12-6-4-3-5-7-12/h3-9,11,16,19H,1-2H3. The van der Waals surface area contributed by atoms with Crippen molar-refractivity contribution >= 4 is 11.6 Å². The van der Waals surface area contributed by atoms with Gasteiger partial charge in [-0.25, -0.2) is 4.39 Å². The molecule has 0 saturated carbocycles. The minimum atomic E-state index is -0.755. The Labute approximate surface area is 117 Å². The highest BCUT2D eigenvalue weighted by molar-refractivity contribution is 6.31. The van der Waals surface area contributed by atoms with Crippen molar-refractivity contribution in [1.82, 2.24) is 0 Å². The summed E-state index contributed by atoms with van der Waals surface area (Å²) in [5.74, 6) is -0.461. The van der Waals surface area contributed by atoms with E-state index < -0.39 is 6.10 Å². The fourth-order valence-electron chi connectivity index (χ4n) is 2.11. The molecule has 19 heavy (non-hydrogen) atoms. The van der Waals surface area contributed by atoms with Crippen LogP contribution >= 0.6 is 11.6 Å². The molecular formula is C16H16ClFO. The number of aliphatic hydroxyl groups excluding tert-OH is 1. The summed E-state index contributed by atoms with van der Waals surface area (Å²) in [5, 5.41) is 10.7. The lowest BCUT2D eigenvalue weighted by Gasteiger charge is -2.21. The lowest BCUT2D eigenvalue weighted by molar-refractivity contribution is 0.151. The molecule has 0 aliphatic rings. The van der Waals surface area contributed by atoms with Gasteiger partial charge in [-0.05, 0) is 30.2 Å². The van der Waals surface area contributed by atoms with Crippen LogP contribution in [0.25, 0.3) is 0 Å². The molecule has 2 unspecified atom stereocenters. The van der Waals surface area contributed by atoms with Crippen molar-refractivity contribution < 1.29 is 9.50 Å². The molecule has 100 valence electrons. The van der Waals surface area contributed by atoms with E-state index in [1.807, 2.05) is 37.3 Å². The second-order valence-corrected chi connectivity index (χ2v) is 5.17. The van der Waals surface area contributed by atoms with Crippen molar-refractivity contribution in [2.75, 3.05) is 0 Å². The Morgan fingerprint density at radius 1 is 1.16 bits per heavy atom. The highest BCUT2D eigenvalue weighted by atomic mass is 35.5. The molecule has 2 atom stereocenters. The van der Waals surface area contributed by atoms with Gasteiger partial charge in [0.15, 0.2) is 0 Å². The fourth-order valence-corrected chi connectivity index (χ4v) is 2.38. The molecule has 1 N–H and O–H groups in total. The number of aliphatic hydroxyl groups is 1. The van der Waals surface area contributed by atoms with Crippen molar-refractivity contribution in [3.63, 3.8) is 0 Å². The molecule has 0 aliphatic heterocycles. The third kappa shape index (κ3) is 2.96. The summed E-state index contributed by atoms with van der Waals surface area (Å²) in [6, 6.07) is 12.6. The third-order valence-corrected chi connectivity index (χ3v) is 3.72. The van der Waals surface area contributed by atoms with Crippen LogP contribution in [0.15, 0.2) is 42.5 Å². The maximum atomic E-state index is 13.4. The fraction of sp³-hybridized carbons (Fsp3) is 0.250. The van der Waals surface area contributed by atoms with Gasteiger partial charge in [0.25, 0.3) is 0 Å². The maximum absolute atomic E-state index is 13.4. The predicted molar refractivity (Wildman–Crippen MR) is 76.0 cm³/mol. The van der Waals surface area contributed by atoms with Gasteiger partial charge < -0.3 is 5.11 Å². The van der Waals surface area contributed by atoms with E-state index in [4.69, 9.17) is 11.6 Å². The first-order valence-electron chi connectivity index (χ1n) is 6.19. The summed E-state index contributed by atoms with van der Waals surface area (Å²) in [7, 11) is 0. The molecule has 0 radical (unpaired) electrons. The average molecular weight is 279 g/mol. The zero-order valence-electron chi connectivity index (χ0n) is 10.9. The van der Waals surface area contributed by atoms with Crippen molar-refractivity contribution in [1.29, 1.82) is 0 Å². The highest BCUT2D eigenvalue weighted by Gasteiger charge is 2.21. The van der Waals surface area contributed by atoms with Gasteiger partial charge in [0.2, 0.25) is 0 Å². The molecule has 1 nitrogen and oxygen atoms in total. The second-order valence-electron chi connectivity index (χ2n) is 4.77. The Kier molecular flexibility index (Phi) is 4.23. The van der Waals surface area contributed by atoms with Crippen LogP contribution in [0.1, 0.15) is 35.6 Å². The van der Waals surface area contributed by atoms with E-state index >= 15 is 0 Å². The number of hydrogen-bond donors (Lipinski definition) is 1. The van der Waals surface area contributed by atoms with E-state index in [-0.39, 0.29) is 16.8 Å². The summed E-state index contributed by atoms with van der Waals surface area (Å²) >= 11 is 6.03. The molecule has 2 aromatic rings. The number of benzene rings is 2. The monoisotopic (exact) mass is 278 g/mol. The van der Waals surface area contributed by atoms with Gasteiger partial charge in [0.1, 0.15) is 5.82 Å². The van der Waals surface area contributed by atoms with Gasteiger partial charge >= 0.3 is 0 Å². The number of hydrogen-bond acceptors (Lipinski definition) is 1. The molecule has 0 fully saturated rings. The lowest BCUT2D eigenvalue weighted by Crippen LogP contribution is -2.09. The van der Waals surface area contributed by atoms with Crippen molar-refractivity contribution in [3.05, 3.63) is 70.0 Å². The van der Waals surface area contributed by atoms with Crippen LogP contribution in [0.3, 0.4) is 0 Å². The van der Waals surface area contributed by atoms with Gasteiger partial charge in [-0.3, -0.25) is 0 Å². The minimum Gasteiger partial charge on any atom is -0.388 e. The molecular weight excluding hydrogens is 263 g/mol. The Bertz CT molecular complexity index is 568. The maximum Gasteiger partial charge on any atom is 0.127 e. The second kappa shape index (κ2) is 5.72. The van der Waals surface area contributed by atoms with E-state index in [0.717, 1.165) is 5.56 Å². The summed E-state index contributed by atoms with van der Waals surface area (Å²) in [6.45, 7) is 3.59. The number of rotatable bonds is 3. The SMILES string of the molecule is Cc1cc(C(O)C(C)c2ccccc2)c(Cl)cc1F. The number of aryl methyl sites for hydroxylation is 1. The van der Waals surface area contributed by atoms with E-state index in [0.29, 0.717) is 11.1 Å². The number of halogens is 2. The van der Waals surface area contributed by atoms with Gasteiger partial charge in [-0.2, -0.15) is 0 Å². The molecule has 0 bridgehead atoms. The lowest BCUT2D eigenvalue weighted by atomic mass is 9.90. The van der Waals surface area contributed by atoms with E-state index in [9.17, 15) is 9.50 Å². The van der Waals surface area contributed by atoms with Gasteiger partial charge in [0.05, 0.1) is 6.10 Å². The van der Waals surface area contributed by atoms with E-state index in [1.165, 1.54) is 6.07 Å². The topological polar surface area (TPSA) is 20.2 Å². The molecule has 0 aromatic heterocycles. The average Bonchev–Trinajstić information content (AvgIpc) is 2.42. The Balaban J connectivity index is 2.34. The summed E-state index contributed by atoms with van der Waals surface area (Å²) < 4.78 is 13.4. The van der Waals surface area contributed by atoms with Crippen molar-refractivity contribution in [3.8, 4) is 0 Å². The smallest absolute Gasteiger partial charge is 0.127 e. The Hall–Kier alpha value is -1.38. The van der Waals surface area contributed by atoms with Crippen LogP contribution in [0.5, 0.6) is 0 Å². The first-order valence-corrected chi connectivity index (χ1v) is 6.57. The minimum absolute atomic E-state index is 0.108. The summed E-state index contributed by atoms with van der Waals surface area (Å²) in [6.07, 6.45) is -0.755. The van der Waals surface area contributed by atoms with Crippen LogP contribution in [-0.2, 0) is 0 Å². The molecule has 0 amide bonds. The normalized spacial score (nSPS) is 14.2. The zero-order chi connectivity index (χ0) is 14.0. The molecule has 0 aliphatic carbocycles. The molecule has 0 saturated heterocycles. The van der Waals surface area contributed by atoms with Crippen LogP contribution < -0.4 is 0 Å². The van der Waals surface area contributed by atoms with Crippen LogP contribution in [0, 0.1) is 12.7 Å². The first-order chi connectivity index (χ1) is 9.00.